The fourth-order valence-corrected chi connectivity index (χ4v) is 2.00. The average molecular weight is 299 g/mol. The molecule has 1 aromatic heterocycles. The number of rotatable bonds is 3. The van der Waals surface area contributed by atoms with E-state index in [2.05, 4.69) is 15.4 Å². The van der Waals surface area contributed by atoms with Crippen LogP contribution >= 0.6 is 11.6 Å². The summed E-state index contributed by atoms with van der Waals surface area (Å²) in [7, 11) is 0. The van der Waals surface area contributed by atoms with E-state index in [0.29, 0.717) is 10.7 Å². The van der Waals surface area contributed by atoms with Crippen LogP contribution in [0.25, 0.3) is 5.69 Å². The van der Waals surface area contributed by atoms with Crippen LogP contribution in [0.5, 0.6) is 0 Å². The Morgan fingerprint density at radius 2 is 1.76 bits per heavy atom. The summed E-state index contributed by atoms with van der Waals surface area (Å²) < 4.78 is 1.54. The van der Waals surface area contributed by atoms with Gasteiger partial charge in [0.05, 0.1) is 16.4 Å². The minimum Gasteiger partial charge on any atom is -0.318 e. The highest BCUT2D eigenvalue weighted by atomic mass is 35.5. The van der Waals surface area contributed by atoms with Gasteiger partial charge in [-0.1, -0.05) is 41.9 Å². The molecule has 104 valence electrons. The topological polar surface area (TPSA) is 59.8 Å². The van der Waals surface area contributed by atoms with Crippen molar-refractivity contribution >= 4 is 23.2 Å². The summed E-state index contributed by atoms with van der Waals surface area (Å²) in [6, 6.07) is 16.4. The van der Waals surface area contributed by atoms with Crippen molar-refractivity contribution in [2.45, 2.75) is 0 Å². The molecule has 0 aliphatic carbocycles. The SMILES string of the molecule is O=C(Nc1ccccc1Cl)c1ncn(-c2ccccc2)n1. The van der Waals surface area contributed by atoms with Gasteiger partial charge in [-0.2, -0.15) is 0 Å². The fraction of sp³-hybridized carbons (Fsp3) is 0. The van der Waals surface area contributed by atoms with Crippen molar-refractivity contribution in [3.63, 3.8) is 0 Å². The maximum atomic E-state index is 12.1. The molecule has 21 heavy (non-hydrogen) atoms. The standard InChI is InChI=1S/C15H11ClN4O/c16-12-8-4-5-9-13(12)18-15(21)14-17-10-20(19-14)11-6-2-1-3-7-11/h1-10H,(H,18,21). The zero-order valence-corrected chi connectivity index (χ0v) is 11.7. The number of nitrogens with one attached hydrogen (secondary N) is 1. The molecule has 0 spiro atoms. The second-order valence-corrected chi connectivity index (χ2v) is 4.69. The smallest absolute Gasteiger partial charge is 0.295 e. The number of anilines is 1. The van der Waals surface area contributed by atoms with E-state index in [9.17, 15) is 4.79 Å². The predicted molar refractivity (Wildman–Crippen MR) is 80.8 cm³/mol. The van der Waals surface area contributed by atoms with Gasteiger partial charge in [0.15, 0.2) is 0 Å². The molecule has 0 aliphatic rings. The first-order valence-corrected chi connectivity index (χ1v) is 6.65. The minimum absolute atomic E-state index is 0.0822. The van der Waals surface area contributed by atoms with E-state index in [1.165, 1.54) is 6.33 Å². The van der Waals surface area contributed by atoms with Crippen LogP contribution in [0.4, 0.5) is 5.69 Å². The molecular formula is C15H11ClN4O. The molecule has 1 N–H and O–H groups in total. The lowest BCUT2D eigenvalue weighted by atomic mass is 10.3. The Balaban J connectivity index is 1.80. The van der Waals surface area contributed by atoms with E-state index in [1.807, 2.05) is 30.3 Å². The number of amides is 1. The third-order valence-corrected chi connectivity index (χ3v) is 3.17. The van der Waals surface area contributed by atoms with Gasteiger partial charge in [-0.25, -0.2) is 9.67 Å². The maximum absolute atomic E-state index is 12.1. The Kier molecular flexibility index (Phi) is 3.66. The molecule has 1 amide bonds. The van der Waals surface area contributed by atoms with Gasteiger partial charge in [0.1, 0.15) is 6.33 Å². The number of para-hydroxylation sites is 2. The maximum Gasteiger partial charge on any atom is 0.295 e. The molecule has 3 aromatic rings. The van der Waals surface area contributed by atoms with Gasteiger partial charge in [-0.05, 0) is 24.3 Å². The molecule has 0 radical (unpaired) electrons. The highest BCUT2D eigenvalue weighted by molar-refractivity contribution is 6.33. The van der Waals surface area contributed by atoms with E-state index in [1.54, 1.807) is 28.9 Å². The Bertz CT molecular complexity index is 770. The number of hydrogen-bond acceptors (Lipinski definition) is 3. The molecular weight excluding hydrogens is 288 g/mol. The molecule has 0 bridgehead atoms. The van der Waals surface area contributed by atoms with Gasteiger partial charge in [0.2, 0.25) is 5.82 Å². The van der Waals surface area contributed by atoms with E-state index < -0.39 is 5.91 Å². The Hall–Kier alpha value is -2.66. The summed E-state index contributed by atoms with van der Waals surface area (Å²) in [6.45, 7) is 0. The van der Waals surface area contributed by atoms with Crippen molar-refractivity contribution in [2.75, 3.05) is 5.32 Å². The molecule has 2 aromatic carbocycles. The van der Waals surface area contributed by atoms with Crippen molar-refractivity contribution in [1.29, 1.82) is 0 Å². The third kappa shape index (κ3) is 2.93. The highest BCUT2D eigenvalue weighted by Gasteiger charge is 2.13. The summed E-state index contributed by atoms with van der Waals surface area (Å²) in [5.74, 6) is -0.323. The molecule has 0 saturated heterocycles. The molecule has 0 unspecified atom stereocenters. The van der Waals surface area contributed by atoms with Crippen LogP contribution in [0.15, 0.2) is 60.9 Å². The Morgan fingerprint density at radius 3 is 2.52 bits per heavy atom. The van der Waals surface area contributed by atoms with Gasteiger partial charge in [-0.3, -0.25) is 4.79 Å². The second kappa shape index (κ2) is 5.76. The van der Waals surface area contributed by atoms with Crippen LogP contribution in [0.3, 0.4) is 0 Å². The summed E-state index contributed by atoms with van der Waals surface area (Å²) in [4.78, 5) is 16.1. The average Bonchev–Trinajstić information content (AvgIpc) is 3.00. The minimum atomic E-state index is -0.405. The van der Waals surface area contributed by atoms with E-state index in [0.717, 1.165) is 5.69 Å². The van der Waals surface area contributed by atoms with Crippen LogP contribution < -0.4 is 5.32 Å². The van der Waals surface area contributed by atoms with E-state index in [4.69, 9.17) is 11.6 Å². The van der Waals surface area contributed by atoms with Crippen molar-refractivity contribution < 1.29 is 4.79 Å². The van der Waals surface area contributed by atoms with Crippen molar-refractivity contribution in [2.24, 2.45) is 0 Å². The van der Waals surface area contributed by atoms with Gasteiger partial charge in [0, 0.05) is 0 Å². The van der Waals surface area contributed by atoms with Crippen molar-refractivity contribution in [1.82, 2.24) is 14.8 Å². The first-order valence-electron chi connectivity index (χ1n) is 6.27. The molecule has 0 atom stereocenters. The Labute approximate surface area is 126 Å². The lowest BCUT2D eigenvalue weighted by Crippen LogP contribution is -2.14. The normalized spacial score (nSPS) is 10.3. The molecule has 1 heterocycles. The largest absolute Gasteiger partial charge is 0.318 e. The van der Waals surface area contributed by atoms with Crippen LogP contribution in [0, 0.1) is 0 Å². The summed E-state index contributed by atoms with van der Waals surface area (Å²) in [5, 5.41) is 7.30. The van der Waals surface area contributed by atoms with E-state index in [-0.39, 0.29) is 5.82 Å². The predicted octanol–water partition coefficient (Wildman–Crippen LogP) is 3.17. The molecule has 5 nitrogen and oxygen atoms in total. The monoisotopic (exact) mass is 298 g/mol. The summed E-state index contributed by atoms with van der Waals surface area (Å²) >= 11 is 6.00. The number of benzene rings is 2. The van der Waals surface area contributed by atoms with Crippen molar-refractivity contribution in [3.05, 3.63) is 71.8 Å². The zero-order chi connectivity index (χ0) is 14.7. The molecule has 0 saturated carbocycles. The lowest BCUT2D eigenvalue weighted by molar-refractivity contribution is 0.101. The number of nitrogens with zero attached hydrogens (tertiary/aromatic N) is 3. The number of hydrogen-bond donors (Lipinski definition) is 1. The van der Waals surface area contributed by atoms with Gasteiger partial charge >= 0.3 is 0 Å². The fourth-order valence-electron chi connectivity index (χ4n) is 1.81. The number of halogens is 1. The van der Waals surface area contributed by atoms with Crippen LogP contribution in [0.2, 0.25) is 5.02 Å². The highest BCUT2D eigenvalue weighted by Crippen LogP contribution is 2.20. The van der Waals surface area contributed by atoms with Crippen molar-refractivity contribution in [3.8, 4) is 5.69 Å². The quantitative estimate of drug-likeness (QED) is 0.808. The number of carbonyl (C=O) groups is 1. The summed E-state index contributed by atoms with van der Waals surface area (Å²) in [5.41, 5.74) is 1.36. The molecule has 6 heteroatoms. The zero-order valence-electron chi connectivity index (χ0n) is 10.9. The molecule has 0 fully saturated rings. The first-order chi connectivity index (χ1) is 10.2. The van der Waals surface area contributed by atoms with Crippen LogP contribution in [-0.4, -0.2) is 20.7 Å². The first kappa shape index (κ1) is 13.3. The van der Waals surface area contributed by atoms with Crippen LogP contribution in [-0.2, 0) is 0 Å². The molecule has 3 rings (SSSR count). The molecule has 0 aliphatic heterocycles. The second-order valence-electron chi connectivity index (χ2n) is 4.28. The van der Waals surface area contributed by atoms with Gasteiger partial charge in [0.25, 0.3) is 5.91 Å². The van der Waals surface area contributed by atoms with Crippen LogP contribution in [0.1, 0.15) is 10.6 Å². The van der Waals surface area contributed by atoms with E-state index >= 15 is 0 Å². The third-order valence-electron chi connectivity index (χ3n) is 2.84. The number of carbonyl (C=O) groups excluding carboxylic acids is 1. The summed E-state index contributed by atoms with van der Waals surface area (Å²) in [6.07, 6.45) is 1.50. The van der Waals surface area contributed by atoms with Gasteiger partial charge < -0.3 is 5.32 Å². The van der Waals surface area contributed by atoms with Gasteiger partial charge in [-0.15, -0.1) is 5.10 Å². The lowest BCUT2D eigenvalue weighted by Gasteiger charge is -2.04. The Morgan fingerprint density at radius 1 is 1.05 bits per heavy atom. The number of aromatic nitrogens is 3.